The molecule has 0 bridgehead atoms. The Labute approximate surface area is 84.8 Å². The molecule has 0 radical (unpaired) electrons. The van der Waals surface area contributed by atoms with Crippen molar-refractivity contribution in [1.82, 2.24) is 19.2 Å². The molecule has 0 amide bonds. The van der Waals surface area contributed by atoms with Crippen LogP contribution in [0.3, 0.4) is 0 Å². The van der Waals surface area contributed by atoms with Crippen LogP contribution in [0.25, 0.3) is 5.78 Å². The Morgan fingerprint density at radius 1 is 1.50 bits per heavy atom. The normalized spacial score (nSPS) is 11.1. The van der Waals surface area contributed by atoms with Crippen molar-refractivity contribution in [2.75, 3.05) is 6.26 Å². The predicted octanol–water partition coefficient (Wildman–Crippen LogP) is 0.458. The van der Waals surface area contributed by atoms with Crippen LogP contribution < -0.4 is 5.56 Å². The van der Waals surface area contributed by atoms with Crippen LogP contribution in [0.4, 0.5) is 0 Å². The van der Waals surface area contributed by atoms with E-state index in [4.69, 9.17) is 0 Å². The van der Waals surface area contributed by atoms with Crippen molar-refractivity contribution in [3.8, 4) is 0 Å². The number of hydrogen-bond donors (Lipinski definition) is 0. The molecule has 0 aromatic carbocycles. The Morgan fingerprint density at radius 2 is 2.21 bits per heavy atom. The zero-order valence-corrected chi connectivity index (χ0v) is 9.00. The Bertz CT molecular complexity index is 542. The minimum atomic E-state index is -0.0601. The summed E-state index contributed by atoms with van der Waals surface area (Å²) in [5.41, 5.74) is 0.742. The molecule has 0 fully saturated rings. The van der Waals surface area contributed by atoms with Crippen LogP contribution in [0.2, 0.25) is 0 Å². The molecule has 2 heterocycles. The number of hydrogen-bond acceptors (Lipinski definition) is 4. The quantitative estimate of drug-likeness (QED) is 0.642. The maximum Gasteiger partial charge on any atom is 0.254 e. The third kappa shape index (κ3) is 1.22. The lowest BCUT2D eigenvalue weighted by atomic mass is 10.4. The van der Waals surface area contributed by atoms with E-state index in [1.807, 2.05) is 13.2 Å². The van der Waals surface area contributed by atoms with Crippen molar-refractivity contribution in [1.29, 1.82) is 0 Å². The molecule has 6 heteroatoms. The number of nitrogens with zero attached hydrogens (tertiary/aromatic N) is 4. The summed E-state index contributed by atoms with van der Waals surface area (Å²) in [6, 6.07) is 1.55. The zero-order chi connectivity index (χ0) is 10.3. The van der Waals surface area contributed by atoms with E-state index in [0.29, 0.717) is 10.9 Å². The molecule has 2 aromatic rings. The molecule has 0 saturated carbocycles. The Morgan fingerprint density at radius 3 is 2.86 bits per heavy atom. The molecule has 0 saturated heterocycles. The van der Waals surface area contributed by atoms with E-state index in [1.54, 1.807) is 17.6 Å². The number of rotatable bonds is 1. The molecular formula is C8H10N4OS. The molecule has 0 unspecified atom stereocenters. The van der Waals surface area contributed by atoms with E-state index in [0.717, 1.165) is 5.69 Å². The van der Waals surface area contributed by atoms with Gasteiger partial charge in [-0.25, -0.2) is 4.52 Å². The molecule has 0 aliphatic heterocycles. The average molecular weight is 210 g/mol. The van der Waals surface area contributed by atoms with Crippen LogP contribution in [-0.2, 0) is 7.05 Å². The summed E-state index contributed by atoms with van der Waals surface area (Å²) < 4.78 is 3.16. The van der Waals surface area contributed by atoms with Gasteiger partial charge in [0.05, 0.1) is 0 Å². The van der Waals surface area contributed by atoms with Gasteiger partial charge in [0.1, 0.15) is 0 Å². The van der Waals surface area contributed by atoms with E-state index in [9.17, 15) is 4.79 Å². The van der Waals surface area contributed by atoms with Gasteiger partial charge in [0.25, 0.3) is 5.56 Å². The third-order valence-electron chi connectivity index (χ3n) is 2.05. The van der Waals surface area contributed by atoms with E-state index in [2.05, 4.69) is 10.1 Å². The van der Waals surface area contributed by atoms with Gasteiger partial charge in [0, 0.05) is 18.8 Å². The standard InChI is InChI=1S/C8H10N4OS/c1-5-4-6(13)11(2)8-9-7(14-3)10-12(5)8/h4H,1-3H3. The van der Waals surface area contributed by atoms with E-state index < -0.39 is 0 Å². The fourth-order valence-electron chi connectivity index (χ4n) is 1.26. The highest BCUT2D eigenvalue weighted by Crippen LogP contribution is 2.10. The Balaban J connectivity index is 2.91. The number of aromatic nitrogens is 4. The minimum absolute atomic E-state index is 0.0601. The second kappa shape index (κ2) is 3.13. The highest BCUT2D eigenvalue weighted by atomic mass is 32.2. The van der Waals surface area contributed by atoms with E-state index in [1.165, 1.54) is 16.3 Å². The van der Waals surface area contributed by atoms with Crippen molar-refractivity contribution in [3.63, 3.8) is 0 Å². The fraction of sp³-hybridized carbons (Fsp3) is 0.375. The maximum atomic E-state index is 11.4. The van der Waals surface area contributed by atoms with Gasteiger partial charge >= 0.3 is 0 Å². The lowest BCUT2D eigenvalue weighted by Crippen LogP contribution is -2.19. The highest BCUT2D eigenvalue weighted by molar-refractivity contribution is 7.98. The van der Waals surface area contributed by atoms with Gasteiger partial charge < -0.3 is 0 Å². The molecule has 2 rings (SSSR count). The molecule has 74 valence electrons. The molecule has 5 nitrogen and oxygen atoms in total. The first-order valence-electron chi connectivity index (χ1n) is 4.11. The molecule has 0 N–H and O–H groups in total. The summed E-state index contributed by atoms with van der Waals surface area (Å²) in [6.07, 6.45) is 1.90. The summed E-state index contributed by atoms with van der Waals surface area (Å²) in [5.74, 6) is 0.583. The van der Waals surface area contributed by atoms with Crippen molar-refractivity contribution in [2.45, 2.75) is 12.1 Å². The van der Waals surface area contributed by atoms with Crippen molar-refractivity contribution in [2.24, 2.45) is 7.05 Å². The molecule has 0 spiro atoms. The van der Waals surface area contributed by atoms with Crippen LogP contribution >= 0.6 is 11.8 Å². The van der Waals surface area contributed by atoms with Crippen LogP contribution in [-0.4, -0.2) is 25.4 Å². The monoisotopic (exact) mass is 210 g/mol. The lowest BCUT2D eigenvalue weighted by Gasteiger charge is -2.00. The average Bonchev–Trinajstić information content (AvgIpc) is 2.58. The first-order chi connectivity index (χ1) is 6.63. The Kier molecular flexibility index (Phi) is 2.07. The molecule has 14 heavy (non-hydrogen) atoms. The van der Waals surface area contributed by atoms with Gasteiger partial charge in [0.2, 0.25) is 10.9 Å². The number of fused-ring (bicyclic) bond motifs is 1. The molecule has 0 aliphatic rings. The topological polar surface area (TPSA) is 52.2 Å². The smallest absolute Gasteiger partial charge is 0.254 e. The predicted molar refractivity (Wildman–Crippen MR) is 54.7 cm³/mol. The third-order valence-corrected chi connectivity index (χ3v) is 2.59. The first kappa shape index (κ1) is 9.26. The van der Waals surface area contributed by atoms with Crippen molar-refractivity contribution < 1.29 is 0 Å². The summed E-state index contributed by atoms with van der Waals surface area (Å²) in [6.45, 7) is 1.84. The fourth-order valence-corrected chi connectivity index (χ4v) is 1.60. The van der Waals surface area contributed by atoms with E-state index in [-0.39, 0.29) is 5.56 Å². The summed E-state index contributed by atoms with van der Waals surface area (Å²) in [4.78, 5) is 15.7. The van der Waals surface area contributed by atoms with Crippen LogP contribution in [0.1, 0.15) is 5.69 Å². The Hall–Kier alpha value is -1.30. The number of aryl methyl sites for hydroxylation is 2. The van der Waals surface area contributed by atoms with Crippen LogP contribution in [0.15, 0.2) is 16.0 Å². The summed E-state index contributed by atoms with van der Waals surface area (Å²) >= 11 is 1.46. The summed E-state index contributed by atoms with van der Waals surface area (Å²) in [5, 5.41) is 4.92. The summed E-state index contributed by atoms with van der Waals surface area (Å²) in [7, 11) is 1.69. The molecule has 0 aliphatic carbocycles. The van der Waals surface area contributed by atoms with Gasteiger partial charge in [-0.3, -0.25) is 9.36 Å². The van der Waals surface area contributed by atoms with Crippen LogP contribution in [0, 0.1) is 6.92 Å². The molecule has 0 atom stereocenters. The van der Waals surface area contributed by atoms with Gasteiger partial charge in [-0.15, -0.1) is 5.10 Å². The maximum absolute atomic E-state index is 11.4. The van der Waals surface area contributed by atoms with Crippen LogP contribution in [0.5, 0.6) is 0 Å². The minimum Gasteiger partial charge on any atom is -0.280 e. The van der Waals surface area contributed by atoms with Crippen molar-refractivity contribution in [3.05, 3.63) is 22.1 Å². The first-order valence-corrected chi connectivity index (χ1v) is 5.33. The van der Waals surface area contributed by atoms with Gasteiger partial charge in [-0.2, -0.15) is 4.98 Å². The number of thioether (sulfide) groups is 1. The lowest BCUT2D eigenvalue weighted by molar-refractivity contribution is 0.784. The second-order valence-corrected chi connectivity index (χ2v) is 3.77. The SMILES string of the molecule is CSc1nc2n(C)c(=O)cc(C)n2n1. The highest BCUT2D eigenvalue weighted by Gasteiger charge is 2.08. The second-order valence-electron chi connectivity index (χ2n) is 2.99. The molecular weight excluding hydrogens is 200 g/mol. The molecule has 2 aromatic heterocycles. The van der Waals surface area contributed by atoms with Gasteiger partial charge in [-0.05, 0) is 13.2 Å². The van der Waals surface area contributed by atoms with Crippen molar-refractivity contribution >= 4 is 17.5 Å². The van der Waals surface area contributed by atoms with Gasteiger partial charge in [-0.1, -0.05) is 11.8 Å². The largest absolute Gasteiger partial charge is 0.280 e. The van der Waals surface area contributed by atoms with Gasteiger partial charge in [0.15, 0.2) is 0 Å². The zero-order valence-electron chi connectivity index (χ0n) is 8.18. The van der Waals surface area contributed by atoms with E-state index >= 15 is 0 Å².